The maximum atomic E-state index is 14.0. The van der Waals surface area contributed by atoms with Gasteiger partial charge in [-0.2, -0.15) is 9.40 Å². The van der Waals surface area contributed by atoms with Crippen LogP contribution in [0.3, 0.4) is 0 Å². The van der Waals surface area contributed by atoms with Crippen LogP contribution < -0.4 is 0 Å². The highest BCUT2D eigenvalue weighted by molar-refractivity contribution is 7.89. The van der Waals surface area contributed by atoms with Crippen molar-refractivity contribution in [3.8, 4) is 0 Å². The molecule has 0 aliphatic carbocycles. The summed E-state index contributed by atoms with van der Waals surface area (Å²) in [6.07, 6.45) is 2.18. The molecule has 7 nitrogen and oxygen atoms in total. The lowest BCUT2D eigenvalue weighted by Gasteiger charge is -2.32. The van der Waals surface area contributed by atoms with Gasteiger partial charge in [0.05, 0.1) is 6.04 Å². The number of rotatable bonds is 5. The molecule has 0 saturated carbocycles. The zero-order valence-corrected chi connectivity index (χ0v) is 14.1. The van der Waals surface area contributed by atoms with E-state index in [1.54, 1.807) is 0 Å². The van der Waals surface area contributed by atoms with Gasteiger partial charge in [0.2, 0.25) is 10.0 Å². The van der Waals surface area contributed by atoms with Gasteiger partial charge in [0, 0.05) is 13.7 Å². The first kappa shape index (κ1) is 17.0. The minimum absolute atomic E-state index is 0.264. The molecule has 130 valence electrons. The predicted octanol–water partition coefficient (Wildman–Crippen LogP) is 2.01. The van der Waals surface area contributed by atoms with Crippen LogP contribution in [0.25, 0.3) is 0 Å². The van der Waals surface area contributed by atoms with Crippen molar-refractivity contribution in [3.05, 3.63) is 41.7 Å². The fraction of sp³-hybridized carbons (Fsp3) is 0.467. The Morgan fingerprint density at radius 3 is 2.92 bits per heavy atom. The standard InChI is InChI=1S/C15H19FN4O3S/c1-23-10-14-17-15(19-18-14)12-7-4-5-9-20(12)24(21,22)13-8-3-2-6-11(13)16/h2-3,6,8,12H,4-5,7,9-10H2,1H3,(H,17,18,19)/t12-/m1/s1. The van der Waals surface area contributed by atoms with Crippen molar-refractivity contribution in [1.29, 1.82) is 0 Å². The van der Waals surface area contributed by atoms with Crippen molar-refractivity contribution in [2.75, 3.05) is 13.7 Å². The van der Waals surface area contributed by atoms with Crippen LogP contribution in [0, 0.1) is 5.82 Å². The maximum Gasteiger partial charge on any atom is 0.246 e. The number of piperidine rings is 1. The molecule has 24 heavy (non-hydrogen) atoms. The van der Waals surface area contributed by atoms with Gasteiger partial charge in [-0.3, -0.25) is 5.10 Å². The first-order chi connectivity index (χ1) is 11.5. The number of sulfonamides is 1. The molecule has 9 heteroatoms. The quantitative estimate of drug-likeness (QED) is 0.887. The fourth-order valence-electron chi connectivity index (χ4n) is 2.89. The first-order valence-electron chi connectivity index (χ1n) is 7.70. The van der Waals surface area contributed by atoms with Gasteiger partial charge in [0.25, 0.3) is 0 Å². The van der Waals surface area contributed by atoms with Crippen LogP contribution in [0.5, 0.6) is 0 Å². The van der Waals surface area contributed by atoms with Crippen molar-refractivity contribution in [3.63, 3.8) is 0 Å². The second-order valence-electron chi connectivity index (χ2n) is 5.63. The molecular formula is C15H19FN4O3S. The Kier molecular flexibility index (Phi) is 4.93. The Hall–Kier alpha value is -1.84. The van der Waals surface area contributed by atoms with E-state index in [9.17, 15) is 12.8 Å². The molecule has 1 N–H and O–H groups in total. The molecule has 2 aromatic rings. The second-order valence-corrected chi connectivity index (χ2v) is 7.49. The number of ether oxygens (including phenoxy) is 1. The lowest BCUT2D eigenvalue weighted by molar-refractivity contribution is 0.177. The molecule has 0 radical (unpaired) electrons. The number of hydrogen-bond acceptors (Lipinski definition) is 5. The summed E-state index contributed by atoms with van der Waals surface area (Å²) >= 11 is 0. The van der Waals surface area contributed by atoms with Crippen LogP contribution >= 0.6 is 0 Å². The highest BCUT2D eigenvalue weighted by Crippen LogP contribution is 2.34. The van der Waals surface area contributed by atoms with Gasteiger partial charge in [0.1, 0.15) is 17.3 Å². The molecule has 1 fully saturated rings. The normalized spacial score (nSPS) is 19.5. The molecule has 0 amide bonds. The van der Waals surface area contributed by atoms with Crippen LogP contribution in [-0.4, -0.2) is 41.6 Å². The number of benzene rings is 1. The van der Waals surface area contributed by atoms with Crippen molar-refractivity contribution in [2.45, 2.75) is 36.8 Å². The van der Waals surface area contributed by atoms with E-state index in [1.807, 2.05) is 0 Å². The summed E-state index contributed by atoms with van der Waals surface area (Å²) in [6, 6.07) is 4.90. The first-order valence-corrected chi connectivity index (χ1v) is 9.14. The zero-order chi connectivity index (χ0) is 17.2. The summed E-state index contributed by atoms with van der Waals surface area (Å²) in [5, 5.41) is 6.87. The molecule has 1 saturated heterocycles. The third kappa shape index (κ3) is 3.19. The third-order valence-electron chi connectivity index (χ3n) is 4.01. The number of H-pyrrole nitrogens is 1. The van der Waals surface area contributed by atoms with E-state index in [0.717, 1.165) is 18.9 Å². The Balaban J connectivity index is 1.96. The minimum Gasteiger partial charge on any atom is -0.377 e. The Morgan fingerprint density at radius 2 is 2.17 bits per heavy atom. The molecule has 0 spiro atoms. The highest BCUT2D eigenvalue weighted by atomic mass is 32.2. The zero-order valence-electron chi connectivity index (χ0n) is 13.3. The van der Waals surface area contributed by atoms with Gasteiger partial charge >= 0.3 is 0 Å². The van der Waals surface area contributed by atoms with Gasteiger partial charge < -0.3 is 4.74 Å². The summed E-state index contributed by atoms with van der Waals surface area (Å²) in [5.41, 5.74) is 0. The molecule has 3 rings (SSSR count). The van der Waals surface area contributed by atoms with E-state index in [0.29, 0.717) is 24.6 Å². The summed E-state index contributed by atoms with van der Waals surface area (Å²) in [7, 11) is -2.42. The van der Waals surface area contributed by atoms with Crippen LogP contribution in [0.15, 0.2) is 29.2 Å². The predicted molar refractivity (Wildman–Crippen MR) is 84.0 cm³/mol. The van der Waals surface area contributed by atoms with Crippen LogP contribution in [0.1, 0.15) is 37.0 Å². The van der Waals surface area contributed by atoms with Gasteiger partial charge in [0.15, 0.2) is 11.6 Å². The van der Waals surface area contributed by atoms with Crippen molar-refractivity contribution < 1.29 is 17.5 Å². The Bertz CT molecular complexity index is 809. The molecule has 1 aromatic carbocycles. The lowest BCUT2D eigenvalue weighted by Crippen LogP contribution is -2.39. The van der Waals surface area contributed by atoms with Gasteiger partial charge in [-0.25, -0.2) is 17.8 Å². The average Bonchev–Trinajstić information content (AvgIpc) is 3.04. The van der Waals surface area contributed by atoms with E-state index >= 15 is 0 Å². The van der Waals surface area contributed by atoms with E-state index in [2.05, 4.69) is 15.2 Å². The smallest absolute Gasteiger partial charge is 0.246 e. The number of aromatic nitrogens is 3. The van der Waals surface area contributed by atoms with Crippen LogP contribution in [0.4, 0.5) is 4.39 Å². The number of halogens is 1. The van der Waals surface area contributed by atoms with Crippen LogP contribution in [0.2, 0.25) is 0 Å². The van der Waals surface area contributed by atoms with E-state index in [-0.39, 0.29) is 11.5 Å². The SMILES string of the molecule is COCc1nc([C@H]2CCCCN2S(=O)(=O)c2ccccc2F)n[nH]1. The van der Waals surface area contributed by atoms with Gasteiger partial charge in [-0.15, -0.1) is 0 Å². The Labute approximate surface area is 139 Å². The molecule has 1 aliphatic rings. The topological polar surface area (TPSA) is 88.2 Å². The summed E-state index contributed by atoms with van der Waals surface area (Å²) in [5.74, 6) is 0.167. The van der Waals surface area contributed by atoms with Gasteiger partial charge in [-0.05, 0) is 25.0 Å². The molecule has 1 aromatic heterocycles. The lowest BCUT2D eigenvalue weighted by atomic mass is 10.0. The number of methoxy groups -OCH3 is 1. The van der Waals surface area contributed by atoms with E-state index in [1.165, 1.54) is 29.6 Å². The highest BCUT2D eigenvalue weighted by Gasteiger charge is 2.37. The average molecular weight is 354 g/mol. The molecular weight excluding hydrogens is 335 g/mol. The molecule has 1 atom stereocenters. The summed E-state index contributed by atoms with van der Waals surface area (Å²) < 4.78 is 46.1. The monoisotopic (exact) mass is 354 g/mol. The number of hydrogen-bond donors (Lipinski definition) is 1. The largest absolute Gasteiger partial charge is 0.377 e. The number of nitrogens with one attached hydrogen (secondary N) is 1. The van der Waals surface area contributed by atoms with Crippen molar-refractivity contribution in [1.82, 2.24) is 19.5 Å². The number of aromatic amines is 1. The Morgan fingerprint density at radius 1 is 1.38 bits per heavy atom. The number of nitrogens with zero attached hydrogens (tertiary/aromatic N) is 3. The molecule has 0 unspecified atom stereocenters. The van der Waals surface area contributed by atoms with Gasteiger partial charge in [-0.1, -0.05) is 18.6 Å². The van der Waals surface area contributed by atoms with E-state index in [4.69, 9.17) is 4.74 Å². The van der Waals surface area contributed by atoms with Crippen LogP contribution in [-0.2, 0) is 21.4 Å². The third-order valence-corrected chi connectivity index (χ3v) is 5.95. The minimum atomic E-state index is -3.96. The molecule has 2 heterocycles. The fourth-order valence-corrected chi connectivity index (χ4v) is 4.61. The second kappa shape index (κ2) is 6.96. The molecule has 1 aliphatic heterocycles. The van der Waals surface area contributed by atoms with Crippen molar-refractivity contribution in [2.24, 2.45) is 0 Å². The summed E-state index contributed by atoms with van der Waals surface area (Å²) in [4.78, 5) is 4.00. The van der Waals surface area contributed by atoms with Crippen molar-refractivity contribution >= 4 is 10.0 Å². The van der Waals surface area contributed by atoms with E-state index < -0.39 is 21.9 Å². The maximum absolute atomic E-state index is 14.0. The molecule has 0 bridgehead atoms. The summed E-state index contributed by atoms with van der Waals surface area (Å²) in [6.45, 7) is 0.579.